The van der Waals surface area contributed by atoms with Crippen molar-refractivity contribution < 1.29 is 4.79 Å². The van der Waals surface area contributed by atoms with Crippen LogP contribution in [0.2, 0.25) is 0 Å². The van der Waals surface area contributed by atoms with E-state index in [4.69, 9.17) is 0 Å². The van der Waals surface area contributed by atoms with Gasteiger partial charge in [-0.3, -0.25) is 4.79 Å². The second-order valence-electron chi connectivity index (χ2n) is 4.95. The molecule has 0 aromatic rings. The van der Waals surface area contributed by atoms with Crippen LogP contribution in [0, 0.1) is 16.2 Å². The molecule has 0 radical (unpaired) electrons. The molecule has 1 rings (SSSR count). The van der Waals surface area contributed by atoms with Gasteiger partial charge in [-0.05, 0) is 17.8 Å². The summed E-state index contributed by atoms with van der Waals surface area (Å²) in [6.07, 6.45) is 0. The third-order valence-corrected chi connectivity index (χ3v) is 4.68. The van der Waals surface area contributed by atoms with E-state index in [0.717, 1.165) is 0 Å². The van der Waals surface area contributed by atoms with Crippen LogP contribution >= 0.6 is 0 Å². The van der Waals surface area contributed by atoms with Crippen LogP contribution in [-0.2, 0) is 4.79 Å². The average Bonchev–Trinajstić information content (AvgIpc) is 2.28. The molecule has 0 aromatic carbocycles. The minimum Gasteiger partial charge on any atom is -0.359 e. The first-order valence-electron chi connectivity index (χ1n) is 4.45. The van der Waals surface area contributed by atoms with Gasteiger partial charge >= 0.3 is 0 Å². The first-order valence-corrected chi connectivity index (χ1v) is 4.45. The van der Waals surface area contributed by atoms with Gasteiger partial charge in [0.1, 0.15) is 0 Å². The van der Waals surface area contributed by atoms with Crippen LogP contribution in [0.15, 0.2) is 0 Å². The van der Waals surface area contributed by atoms with Crippen molar-refractivity contribution in [2.75, 3.05) is 7.05 Å². The number of hydrogen-bond acceptors (Lipinski definition) is 1. The molecule has 1 amide bonds. The highest BCUT2D eigenvalue weighted by molar-refractivity contribution is 5.88. The maximum absolute atomic E-state index is 11.6. The van der Waals surface area contributed by atoms with E-state index in [2.05, 4.69) is 33.0 Å². The smallest absolute Gasteiger partial charge is 0.226 e. The molecule has 0 aliphatic heterocycles. The van der Waals surface area contributed by atoms with Crippen LogP contribution in [0.4, 0.5) is 0 Å². The molecule has 70 valence electrons. The highest BCUT2D eigenvalue weighted by Crippen LogP contribution is 2.77. The van der Waals surface area contributed by atoms with Gasteiger partial charge in [0.15, 0.2) is 0 Å². The summed E-state index contributed by atoms with van der Waals surface area (Å²) in [7, 11) is 1.71. The lowest BCUT2D eigenvalue weighted by Gasteiger charge is -2.12. The summed E-state index contributed by atoms with van der Waals surface area (Å²) in [5.41, 5.74) is 0.0228. The van der Waals surface area contributed by atoms with Crippen molar-refractivity contribution >= 4 is 5.91 Å². The Morgan fingerprint density at radius 3 is 1.42 bits per heavy atom. The fourth-order valence-electron chi connectivity index (χ4n) is 2.41. The van der Waals surface area contributed by atoms with Gasteiger partial charge in [0, 0.05) is 7.05 Å². The normalized spacial score (nSPS) is 27.8. The summed E-state index contributed by atoms with van der Waals surface area (Å²) < 4.78 is 0. The number of amides is 1. The van der Waals surface area contributed by atoms with Gasteiger partial charge in [-0.1, -0.05) is 27.7 Å². The zero-order chi connectivity index (χ0) is 9.78. The molecule has 1 fully saturated rings. The number of rotatable bonds is 1. The Morgan fingerprint density at radius 1 is 1.00 bits per heavy atom. The largest absolute Gasteiger partial charge is 0.359 e. The van der Waals surface area contributed by atoms with Crippen LogP contribution in [-0.4, -0.2) is 13.0 Å². The van der Waals surface area contributed by atoms with E-state index >= 15 is 0 Å². The molecular formula is C10H19NO. The first-order chi connectivity index (χ1) is 5.23. The number of nitrogens with one attached hydrogen (secondary N) is 1. The summed E-state index contributed by atoms with van der Waals surface area (Å²) in [6, 6.07) is 0. The van der Waals surface area contributed by atoms with Crippen molar-refractivity contribution in [1.82, 2.24) is 5.32 Å². The van der Waals surface area contributed by atoms with Crippen molar-refractivity contribution in [3.8, 4) is 0 Å². The lowest BCUT2D eigenvalue weighted by atomic mass is 9.96. The molecule has 12 heavy (non-hydrogen) atoms. The second-order valence-corrected chi connectivity index (χ2v) is 4.95. The monoisotopic (exact) mass is 169 g/mol. The minimum atomic E-state index is -0.200. The lowest BCUT2D eigenvalue weighted by molar-refractivity contribution is -0.127. The minimum absolute atomic E-state index is 0.111. The maximum atomic E-state index is 11.6. The van der Waals surface area contributed by atoms with E-state index in [1.165, 1.54) is 0 Å². The molecule has 1 N–H and O–H groups in total. The molecule has 0 bridgehead atoms. The summed E-state index contributed by atoms with van der Waals surface area (Å²) in [4.78, 5) is 11.6. The van der Waals surface area contributed by atoms with E-state index in [-0.39, 0.29) is 22.2 Å². The summed E-state index contributed by atoms with van der Waals surface area (Å²) >= 11 is 0. The fraction of sp³-hybridized carbons (Fsp3) is 0.900. The molecule has 0 spiro atoms. The van der Waals surface area contributed by atoms with Gasteiger partial charge in [0.05, 0.1) is 5.41 Å². The van der Waals surface area contributed by atoms with Crippen molar-refractivity contribution in [2.45, 2.75) is 34.6 Å². The van der Waals surface area contributed by atoms with Crippen LogP contribution in [0.5, 0.6) is 0 Å². The number of hydrogen-bond donors (Lipinski definition) is 1. The van der Waals surface area contributed by atoms with E-state index < -0.39 is 0 Å². The SMILES string of the molecule is CNC(=O)C1(C)C(C)(C)C1(C)C. The highest BCUT2D eigenvalue weighted by atomic mass is 16.2. The molecule has 2 heteroatoms. The van der Waals surface area contributed by atoms with Gasteiger partial charge in [-0.2, -0.15) is 0 Å². The molecule has 1 saturated carbocycles. The zero-order valence-electron chi connectivity index (χ0n) is 8.91. The summed E-state index contributed by atoms with van der Waals surface area (Å²) in [5.74, 6) is 0.164. The third-order valence-electron chi connectivity index (χ3n) is 4.68. The molecule has 1 aliphatic rings. The highest BCUT2D eigenvalue weighted by Gasteiger charge is 2.77. The maximum Gasteiger partial charge on any atom is 0.226 e. The van der Waals surface area contributed by atoms with E-state index in [1.54, 1.807) is 7.05 Å². The van der Waals surface area contributed by atoms with Gasteiger partial charge < -0.3 is 5.32 Å². The van der Waals surface area contributed by atoms with Gasteiger partial charge in [-0.25, -0.2) is 0 Å². The quantitative estimate of drug-likeness (QED) is 0.637. The van der Waals surface area contributed by atoms with Gasteiger partial charge in [0.2, 0.25) is 5.91 Å². The van der Waals surface area contributed by atoms with E-state index in [0.29, 0.717) is 0 Å². The molecular weight excluding hydrogens is 150 g/mol. The van der Waals surface area contributed by atoms with Crippen molar-refractivity contribution in [3.63, 3.8) is 0 Å². The Hall–Kier alpha value is -0.530. The second kappa shape index (κ2) is 2.04. The van der Waals surface area contributed by atoms with Crippen molar-refractivity contribution in [1.29, 1.82) is 0 Å². The molecule has 1 aliphatic carbocycles. The lowest BCUT2D eigenvalue weighted by Crippen LogP contribution is -2.31. The van der Waals surface area contributed by atoms with Crippen LogP contribution in [0.25, 0.3) is 0 Å². The summed E-state index contributed by atoms with van der Waals surface area (Å²) in [5, 5.41) is 2.74. The predicted molar refractivity (Wildman–Crippen MR) is 49.7 cm³/mol. The van der Waals surface area contributed by atoms with Crippen LogP contribution in [0.1, 0.15) is 34.6 Å². The number of carbonyl (C=O) groups is 1. The Bertz CT molecular complexity index is 214. The zero-order valence-corrected chi connectivity index (χ0v) is 8.91. The average molecular weight is 169 g/mol. The van der Waals surface area contributed by atoms with Crippen molar-refractivity contribution in [2.24, 2.45) is 16.2 Å². The third kappa shape index (κ3) is 0.644. The molecule has 0 atom stereocenters. The Labute approximate surface area is 74.7 Å². The Morgan fingerprint density at radius 2 is 1.33 bits per heavy atom. The molecule has 0 aromatic heterocycles. The van der Waals surface area contributed by atoms with E-state index in [1.807, 2.05) is 6.92 Å². The van der Waals surface area contributed by atoms with Crippen LogP contribution in [0.3, 0.4) is 0 Å². The van der Waals surface area contributed by atoms with Gasteiger partial charge in [0.25, 0.3) is 0 Å². The first kappa shape index (κ1) is 9.56. The fourth-order valence-corrected chi connectivity index (χ4v) is 2.41. The topological polar surface area (TPSA) is 29.1 Å². The number of carbonyl (C=O) groups excluding carboxylic acids is 1. The molecule has 0 unspecified atom stereocenters. The Balaban J connectivity index is 3.00. The Kier molecular flexibility index (Phi) is 1.62. The molecule has 2 nitrogen and oxygen atoms in total. The van der Waals surface area contributed by atoms with Gasteiger partial charge in [-0.15, -0.1) is 0 Å². The van der Waals surface area contributed by atoms with Crippen molar-refractivity contribution in [3.05, 3.63) is 0 Å². The van der Waals surface area contributed by atoms with Crippen LogP contribution < -0.4 is 5.32 Å². The molecule has 0 heterocycles. The molecule has 0 saturated heterocycles. The van der Waals surface area contributed by atoms with E-state index in [9.17, 15) is 4.79 Å². The summed E-state index contributed by atoms with van der Waals surface area (Å²) in [6.45, 7) is 10.7. The standard InChI is InChI=1S/C10H19NO/c1-8(2)9(3,4)10(8,5)7(12)11-6/h1-6H3,(H,11,12). The predicted octanol–water partition coefficient (Wildman–Crippen LogP) is 1.80.